The molecule has 1 aromatic heterocycles. The van der Waals surface area contributed by atoms with Crippen molar-refractivity contribution in [2.45, 2.75) is 39.7 Å². The van der Waals surface area contributed by atoms with Crippen LogP contribution in [0.15, 0.2) is 43.0 Å². The smallest absolute Gasteiger partial charge is 0.307 e. The van der Waals surface area contributed by atoms with Gasteiger partial charge in [-0.2, -0.15) is 0 Å². The Morgan fingerprint density at radius 1 is 1.11 bits per heavy atom. The molecule has 7 nitrogen and oxygen atoms in total. The highest BCUT2D eigenvalue weighted by atomic mass is 16.5. The van der Waals surface area contributed by atoms with Gasteiger partial charge in [0.05, 0.1) is 32.4 Å². The lowest BCUT2D eigenvalue weighted by atomic mass is 10.1. The van der Waals surface area contributed by atoms with Gasteiger partial charge in [0.2, 0.25) is 5.91 Å². The van der Waals surface area contributed by atoms with Gasteiger partial charge in [0.1, 0.15) is 5.75 Å². The number of aromatic nitrogens is 2. The molecular formula is C21H29N3O4. The molecule has 7 heteroatoms. The summed E-state index contributed by atoms with van der Waals surface area (Å²) >= 11 is 0. The van der Waals surface area contributed by atoms with E-state index in [2.05, 4.69) is 4.98 Å². The van der Waals surface area contributed by atoms with E-state index in [0.717, 1.165) is 24.3 Å². The van der Waals surface area contributed by atoms with Crippen LogP contribution < -0.4 is 4.74 Å². The summed E-state index contributed by atoms with van der Waals surface area (Å²) in [6.45, 7) is 6.37. The van der Waals surface area contributed by atoms with E-state index in [1.165, 1.54) is 0 Å². The van der Waals surface area contributed by atoms with Gasteiger partial charge in [0.25, 0.3) is 0 Å². The van der Waals surface area contributed by atoms with E-state index in [1.807, 2.05) is 42.0 Å². The van der Waals surface area contributed by atoms with Crippen LogP contribution in [0.2, 0.25) is 0 Å². The van der Waals surface area contributed by atoms with Crippen LogP contribution in [0, 0.1) is 0 Å². The maximum absolute atomic E-state index is 12.8. The SMILES string of the molecule is CCOC(=O)CCN(CCCn1ccnc1)C(=O)Cc1ccc(OCC)cc1. The molecule has 0 N–H and O–H groups in total. The van der Waals surface area contributed by atoms with Crippen molar-refractivity contribution in [3.8, 4) is 5.75 Å². The molecule has 0 saturated carbocycles. The van der Waals surface area contributed by atoms with Crippen LogP contribution in [0.5, 0.6) is 5.75 Å². The molecule has 0 aliphatic rings. The Hall–Kier alpha value is -2.83. The van der Waals surface area contributed by atoms with E-state index in [-0.39, 0.29) is 18.3 Å². The molecule has 0 fully saturated rings. The van der Waals surface area contributed by atoms with Gasteiger partial charge < -0.3 is 18.9 Å². The van der Waals surface area contributed by atoms with Gasteiger partial charge in [-0.3, -0.25) is 9.59 Å². The van der Waals surface area contributed by atoms with Crippen molar-refractivity contribution in [1.82, 2.24) is 14.5 Å². The highest BCUT2D eigenvalue weighted by Gasteiger charge is 2.16. The molecule has 1 amide bonds. The Morgan fingerprint density at radius 3 is 2.54 bits per heavy atom. The van der Waals surface area contributed by atoms with Crippen LogP contribution >= 0.6 is 0 Å². The van der Waals surface area contributed by atoms with Gasteiger partial charge >= 0.3 is 5.97 Å². The van der Waals surface area contributed by atoms with E-state index < -0.39 is 0 Å². The number of nitrogens with zero attached hydrogens (tertiary/aromatic N) is 3. The summed E-state index contributed by atoms with van der Waals surface area (Å²) in [5.41, 5.74) is 0.921. The number of benzene rings is 1. The second-order valence-corrected chi connectivity index (χ2v) is 6.34. The third-order valence-corrected chi connectivity index (χ3v) is 4.24. The topological polar surface area (TPSA) is 73.7 Å². The standard InChI is InChI=1S/C21H29N3O4/c1-3-27-19-8-6-18(7-9-19)16-20(25)24(14-10-21(26)28-4-2)13-5-12-23-15-11-22-17-23/h6-9,11,15,17H,3-5,10,12-14,16H2,1-2H3. The minimum Gasteiger partial charge on any atom is -0.494 e. The molecule has 0 unspecified atom stereocenters. The maximum atomic E-state index is 12.8. The van der Waals surface area contributed by atoms with Crippen LogP contribution in [0.4, 0.5) is 0 Å². The fourth-order valence-corrected chi connectivity index (χ4v) is 2.84. The van der Waals surface area contributed by atoms with Crippen molar-refractivity contribution in [3.05, 3.63) is 48.5 Å². The summed E-state index contributed by atoms with van der Waals surface area (Å²) in [5.74, 6) is 0.508. The third kappa shape index (κ3) is 7.42. The van der Waals surface area contributed by atoms with Gasteiger partial charge in [-0.25, -0.2) is 4.98 Å². The Bertz CT molecular complexity index is 714. The van der Waals surface area contributed by atoms with E-state index in [0.29, 0.717) is 32.7 Å². The van der Waals surface area contributed by atoms with Crippen molar-refractivity contribution in [3.63, 3.8) is 0 Å². The first-order chi connectivity index (χ1) is 13.6. The lowest BCUT2D eigenvalue weighted by molar-refractivity contribution is -0.144. The van der Waals surface area contributed by atoms with Gasteiger partial charge in [-0.1, -0.05) is 12.1 Å². The first-order valence-electron chi connectivity index (χ1n) is 9.73. The van der Waals surface area contributed by atoms with Crippen molar-refractivity contribution < 1.29 is 19.1 Å². The number of carbonyl (C=O) groups is 2. The highest BCUT2D eigenvalue weighted by molar-refractivity contribution is 5.79. The third-order valence-electron chi connectivity index (χ3n) is 4.24. The second kappa shape index (κ2) is 11.8. The zero-order valence-electron chi connectivity index (χ0n) is 16.7. The first kappa shape index (κ1) is 21.5. The summed E-state index contributed by atoms with van der Waals surface area (Å²) in [4.78, 5) is 30.3. The predicted molar refractivity (Wildman–Crippen MR) is 106 cm³/mol. The van der Waals surface area contributed by atoms with Crippen LogP contribution in [0.1, 0.15) is 32.3 Å². The Morgan fingerprint density at radius 2 is 1.89 bits per heavy atom. The van der Waals surface area contributed by atoms with Crippen molar-refractivity contribution in [1.29, 1.82) is 0 Å². The van der Waals surface area contributed by atoms with E-state index in [4.69, 9.17) is 9.47 Å². The number of rotatable bonds is 12. The van der Waals surface area contributed by atoms with Crippen molar-refractivity contribution in [2.75, 3.05) is 26.3 Å². The Labute approximate surface area is 166 Å². The first-order valence-corrected chi connectivity index (χ1v) is 9.73. The van der Waals surface area contributed by atoms with Crippen LogP contribution in [0.3, 0.4) is 0 Å². The monoisotopic (exact) mass is 387 g/mol. The number of amides is 1. The Kier molecular flexibility index (Phi) is 9.04. The van der Waals surface area contributed by atoms with Crippen molar-refractivity contribution >= 4 is 11.9 Å². The highest BCUT2D eigenvalue weighted by Crippen LogP contribution is 2.13. The molecule has 0 radical (unpaired) electrons. The van der Waals surface area contributed by atoms with Crippen LogP contribution in [0.25, 0.3) is 0 Å². The number of carbonyl (C=O) groups excluding carboxylic acids is 2. The minimum absolute atomic E-state index is 0.000843. The molecule has 0 saturated heterocycles. The zero-order valence-corrected chi connectivity index (χ0v) is 16.7. The van der Waals surface area contributed by atoms with E-state index in [1.54, 1.807) is 24.3 Å². The van der Waals surface area contributed by atoms with Gasteiger partial charge in [0.15, 0.2) is 0 Å². The maximum Gasteiger partial charge on any atom is 0.307 e. The summed E-state index contributed by atoms with van der Waals surface area (Å²) in [6.07, 6.45) is 6.66. The summed E-state index contributed by atoms with van der Waals surface area (Å²) in [5, 5.41) is 0. The van der Waals surface area contributed by atoms with Crippen LogP contribution in [-0.4, -0.2) is 52.6 Å². The lowest BCUT2D eigenvalue weighted by Gasteiger charge is -2.22. The number of aryl methyl sites for hydroxylation is 1. The average Bonchev–Trinajstić information content (AvgIpc) is 3.20. The fourth-order valence-electron chi connectivity index (χ4n) is 2.84. The second-order valence-electron chi connectivity index (χ2n) is 6.34. The minimum atomic E-state index is -0.282. The van der Waals surface area contributed by atoms with Gasteiger partial charge in [0, 0.05) is 32.0 Å². The lowest BCUT2D eigenvalue weighted by Crippen LogP contribution is -2.35. The number of imidazole rings is 1. The summed E-state index contributed by atoms with van der Waals surface area (Å²) in [6, 6.07) is 7.54. The van der Waals surface area contributed by atoms with E-state index in [9.17, 15) is 9.59 Å². The molecule has 0 aliphatic carbocycles. The number of ether oxygens (including phenoxy) is 2. The number of hydrogen-bond acceptors (Lipinski definition) is 5. The van der Waals surface area contributed by atoms with Gasteiger partial charge in [-0.15, -0.1) is 0 Å². The number of esters is 1. The molecular weight excluding hydrogens is 358 g/mol. The molecule has 0 atom stereocenters. The summed E-state index contributed by atoms with van der Waals surface area (Å²) in [7, 11) is 0. The fraction of sp³-hybridized carbons (Fsp3) is 0.476. The molecule has 1 aromatic carbocycles. The molecule has 0 spiro atoms. The quantitative estimate of drug-likeness (QED) is 0.524. The van der Waals surface area contributed by atoms with E-state index >= 15 is 0 Å². The average molecular weight is 387 g/mol. The molecule has 2 rings (SSSR count). The Balaban J connectivity index is 1.92. The molecule has 2 aromatic rings. The zero-order chi connectivity index (χ0) is 20.2. The van der Waals surface area contributed by atoms with Gasteiger partial charge in [-0.05, 0) is 38.0 Å². The molecule has 0 bridgehead atoms. The normalized spacial score (nSPS) is 10.5. The predicted octanol–water partition coefficient (Wildman–Crippen LogP) is 2.70. The van der Waals surface area contributed by atoms with Crippen LogP contribution in [-0.2, 0) is 27.3 Å². The molecule has 152 valence electrons. The number of hydrogen-bond donors (Lipinski definition) is 0. The molecule has 0 aliphatic heterocycles. The van der Waals surface area contributed by atoms with Crippen molar-refractivity contribution in [2.24, 2.45) is 0 Å². The summed E-state index contributed by atoms with van der Waals surface area (Å²) < 4.78 is 12.4. The molecule has 28 heavy (non-hydrogen) atoms. The largest absolute Gasteiger partial charge is 0.494 e. The molecule has 1 heterocycles.